The Labute approximate surface area is 207 Å². The van der Waals surface area contributed by atoms with Crippen molar-refractivity contribution in [2.45, 2.75) is 43.8 Å². The summed E-state index contributed by atoms with van der Waals surface area (Å²) in [5.74, 6) is -1.07. The second-order valence-electron chi connectivity index (χ2n) is 9.24. The summed E-state index contributed by atoms with van der Waals surface area (Å²) in [6.45, 7) is 1.18. The zero-order valence-corrected chi connectivity index (χ0v) is 19.5. The van der Waals surface area contributed by atoms with Crippen LogP contribution in [-0.2, 0) is 26.4 Å². The van der Waals surface area contributed by atoms with E-state index in [1.54, 1.807) is 36.4 Å². The van der Waals surface area contributed by atoms with Crippen molar-refractivity contribution in [2.24, 2.45) is 0 Å². The maximum Gasteiger partial charge on any atom is 0.319 e. The molecule has 0 spiro atoms. The predicted octanol–water partition coefficient (Wildman–Crippen LogP) is 2.15. The lowest BCUT2D eigenvalue weighted by Gasteiger charge is -2.38. The minimum Gasteiger partial charge on any atom is -0.381 e. The number of fused-ring (bicyclic) bond motifs is 1. The highest BCUT2D eigenvalue weighted by Gasteiger charge is 2.39. The van der Waals surface area contributed by atoms with Gasteiger partial charge in [-0.3, -0.25) is 19.7 Å². The molecule has 2 aromatic carbocycles. The predicted molar refractivity (Wildman–Crippen MR) is 128 cm³/mol. The summed E-state index contributed by atoms with van der Waals surface area (Å²) >= 11 is 0. The van der Waals surface area contributed by atoms with Gasteiger partial charge in [0.15, 0.2) is 0 Å². The van der Waals surface area contributed by atoms with E-state index in [0.717, 1.165) is 5.56 Å². The summed E-state index contributed by atoms with van der Waals surface area (Å²) < 4.78 is 5.52. The Morgan fingerprint density at radius 2 is 1.94 bits per heavy atom. The van der Waals surface area contributed by atoms with Crippen LogP contribution in [0.25, 0.3) is 0 Å². The molecule has 3 aliphatic heterocycles. The first-order chi connectivity index (χ1) is 17.4. The minimum atomic E-state index is -0.695. The van der Waals surface area contributed by atoms with Crippen molar-refractivity contribution in [3.8, 4) is 6.07 Å². The van der Waals surface area contributed by atoms with E-state index in [1.807, 2.05) is 6.07 Å². The van der Waals surface area contributed by atoms with Crippen molar-refractivity contribution in [1.29, 1.82) is 5.26 Å². The molecule has 0 aliphatic carbocycles. The third-order valence-corrected chi connectivity index (χ3v) is 7.02. The van der Waals surface area contributed by atoms with Crippen LogP contribution in [0.3, 0.4) is 0 Å². The first-order valence-corrected chi connectivity index (χ1v) is 11.8. The largest absolute Gasteiger partial charge is 0.381 e. The van der Waals surface area contributed by atoms with Crippen LogP contribution in [0.2, 0.25) is 0 Å². The monoisotopic (exact) mass is 487 g/mol. The molecule has 2 fully saturated rings. The molecule has 5 amide bonds. The number of nitrogens with zero attached hydrogens (tertiary/aromatic N) is 2. The number of nitrogens with one attached hydrogen (secondary N) is 3. The van der Waals surface area contributed by atoms with Crippen LogP contribution in [0.15, 0.2) is 42.5 Å². The van der Waals surface area contributed by atoms with Gasteiger partial charge in [0.05, 0.1) is 17.2 Å². The van der Waals surface area contributed by atoms with Gasteiger partial charge in [0.1, 0.15) is 6.04 Å². The number of piperidine rings is 1. The molecular weight excluding hydrogens is 462 g/mol. The van der Waals surface area contributed by atoms with Gasteiger partial charge in [-0.25, -0.2) is 4.79 Å². The Morgan fingerprint density at radius 1 is 1.14 bits per heavy atom. The Hall–Kier alpha value is -4.23. The van der Waals surface area contributed by atoms with Gasteiger partial charge in [0.2, 0.25) is 11.8 Å². The molecule has 1 atom stereocenters. The summed E-state index contributed by atoms with van der Waals surface area (Å²) in [7, 11) is 0. The molecule has 3 aliphatic rings. The molecule has 3 N–H and O–H groups in total. The van der Waals surface area contributed by atoms with E-state index in [9.17, 15) is 24.4 Å². The van der Waals surface area contributed by atoms with Gasteiger partial charge >= 0.3 is 6.03 Å². The highest BCUT2D eigenvalue weighted by atomic mass is 16.5. The molecule has 0 radical (unpaired) electrons. The highest BCUT2D eigenvalue weighted by molar-refractivity contribution is 6.05. The Morgan fingerprint density at radius 3 is 2.69 bits per heavy atom. The van der Waals surface area contributed by atoms with Gasteiger partial charge in [-0.05, 0) is 60.7 Å². The average Bonchev–Trinajstić information content (AvgIpc) is 3.19. The number of carbonyl (C=O) groups is 4. The summed E-state index contributed by atoms with van der Waals surface area (Å²) in [6.07, 6.45) is 1.61. The summed E-state index contributed by atoms with van der Waals surface area (Å²) in [5.41, 5.74) is 2.37. The molecule has 0 saturated carbocycles. The fourth-order valence-electron chi connectivity index (χ4n) is 5.12. The first kappa shape index (κ1) is 23.5. The van der Waals surface area contributed by atoms with Gasteiger partial charge < -0.3 is 20.3 Å². The third kappa shape index (κ3) is 4.41. The topological polar surface area (TPSA) is 141 Å². The normalized spacial score (nSPS) is 20.8. The van der Waals surface area contributed by atoms with Crippen LogP contribution in [0, 0.1) is 11.3 Å². The van der Waals surface area contributed by atoms with Crippen molar-refractivity contribution in [1.82, 2.24) is 15.5 Å². The van der Waals surface area contributed by atoms with Crippen LogP contribution in [0.4, 0.5) is 10.5 Å². The summed E-state index contributed by atoms with van der Waals surface area (Å²) in [6, 6.07) is 13.3. The lowest BCUT2D eigenvalue weighted by Crippen LogP contribution is -2.52. The molecule has 10 heteroatoms. The van der Waals surface area contributed by atoms with Crippen LogP contribution < -0.4 is 16.0 Å². The van der Waals surface area contributed by atoms with E-state index >= 15 is 0 Å². The van der Waals surface area contributed by atoms with E-state index in [2.05, 4.69) is 22.0 Å². The molecule has 0 bridgehead atoms. The van der Waals surface area contributed by atoms with E-state index < -0.39 is 23.5 Å². The lowest BCUT2D eigenvalue weighted by molar-refractivity contribution is -0.136. The van der Waals surface area contributed by atoms with Crippen LogP contribution >= 0.6 is 0 Å². The molecule has 2 saturated heterocycles. The van der Waals surface area contributed by atoms with Crippen LogP contribution in [-0.4, -0.2) is 47.9 Å². The number of ether oxygens (including phenoxy) is 1. The smallest absolute Gasteiger partial charge is 0.319 e. The van der Waals surface area contributed by atoms with Gasteiger partial charge in [0, 0.05) is 37.4 Å². The van der Waals surface area contributed by atoms with Crippen molar-refractivity contribution < 1.29 is 23.9 Å². The summed E-state index contributed by atoms with van der Waals surface area (Å²) in [4.78, 5) is 51.2. The van der Waals surface area contributed by atoms with E-state index in [4.69, 9.17) is 4.74 Å². The van der Waals surface area contributed by atoms with Crippen molar-refractivity contribution in [2.75, 3.05) is 18.5 Å². The number of imide groups is 1. The second-order valence-corrected chi connectivity index (χ2v) is 9.24. The molecule has 5 rings (SSSR count). The Balaban J connectivity index is 1.31. The SMILES string of the molecule is N#Cc1cccc(C2(NC(=O)Nc3ccc4c(c3)CN(C3CCC(=O)NC3=O)C4=O)CCOCC2)c1. The minimum absolute atomic E-state index is 0.188. The van der Waals surface area contributed by atoms with E-state index in [-0.39, 0.29) is 31.2 Å². The molecule has 36 heavy (non-hydrogen) atoms. The number of nitriles is 1. The van der Waals surface area contributed by atoms with Crippen molar-refractivity contribution in [3.05, 3.63) is 64.7 Å². The third-order valence-electron chi connectivity index (χ3n) is 7.02. The van der Waals surface area contributed by atoms with Gasteiger partial charge in [-0.2, -0.15) is 5.26 Å². The number of carbonyl (C=O) groups excluding carboxylic acids is 4. The fourth-order valence-corrected chi connectivity index (χ4v) is 5.12. The number of hydrogen-bond donors (Lipinski definition) is 3. The fraction of sp³-hybridized carbons (Fsp3) is 0.346. The maximum atomic E-state index is 13.1. The van der Waals surface area contributed by atoms with Crippen LogP contribution in [0.1, 0.15) is 52.7 Å². The second kappa shape index (κ2) is 9.43. The van der Waals surface area contributed by atoms with Gasteiger partial charge in [-0.15, -0.1) is 0 Å². The highest BCUT2D eigenvalue weighted by Crippen LogP contribution is 2.33. The van der Waals surface area contributed by atoms with E-state index in [0.29, 0.717) is 48.4 Å². The van der Waals surface area contributed by atoms with E-state index in [1.165, 1.54) is 4.90 Å². The maximum absolute atomic E-state index is 13.1. The number of benzene rings is 2. The zero-order chi connectivity index (χ0) is 25.3. The quantitative estimate of drug-likeness (QED) is 0.565. The average molecular weight is 488 g/mol. The first-order valence-electron chi connectivity index (χ1n) is 11.8. The number of amides is 5. The molecule has 1 unspecified atom stereocenters. The number of anilines is 1. The number of urea groups is 1. The van der Waals surface area contributed by atoms with Crippen LogP contribution in [0.5, 0.6) is 0 Å². The molecule has 2 aromatic rings. The van der Waals surface area contributed by atoms with Gasteiger partial charge in [-0.1, -0.05) is 12.1 Å². The number of rotatable bonds is 4. The number of hydrogen-bond acceptors (Lipinski definition) is 6. The standard InChI is InChI=1S/C26H25N5O5/c27-14-16-2-1-3-18(12-16)26(8-10-36-11-9-26)30-25(35)28-19-4-5-20-17(13-19)15-31(24(20)34)21-6-7-22(32)29-23(21)33/h1-5,12-13,21H,6-11,15H2,(H2,28,30,35)(H,29,32,33). The zero-order valence-electron chi connectivity index (χ0n) is 19.5. The molecule has 0 aromatic heterocycles. The Kier molecular flexibility index (Phi) is 6.16. The van der Waals surface area contributed by atoms with Crippen molar-refractivity contribution >= 4 is 29.4 Å². The molecule has 184 valence electrons. The van der Waals surface area contributed by atoms with Crippen molar-refractivity contribution in [3.63, 3.8) is 0 Å². The Bertz CT molecular complexity index is 1290. The molecule has 10 nitrogen and oxygen atoms in total. The van der Waals surface area contributed by atoms with Gasteiger partial charge in [0.25, 0.3) is 5.91 Å². The molecular formula is C26H25N5O5. The molecule has 3 heterocycles. The summed E-state index contributed by atoms with van der Waals surface area (Å²) in [5, 5.41) is 17.5. The lowest BCUT2D eigenvalue weighted by atomic mass is 9.82.